The topological polar surface area (TPSA) is 68.4 Å². The van der Waals surface area contributed by atoms with Gasteiger partial charge in [-0.15, -0.1) is 0 Å². The van der Waals surface area contributed by atoms with Crippen LogP contribution in [0.15, 0.2) is 24.3 Å². The lowest BCUT2D eigenvalue weighted by molar-refractivity contribution is 0.0597. The van der Waals surface area contributed by atoms with E-state index < -0.39 is 5.97 Å². The van der Waals surface area contributed by atoms with Gasteiger partial charge in [-0.3, -0.25) is 4.79 Å². The third kappa shape index (κ3) is 2.91. The second-order valence-corrected chi connectivity index (χ2v) is 5.12. The summed E-state index contributed by atoms with van der Waals surface area (Å²) >= 11 is 6.09. The van der Waals surface area contributed by atoms with Gasteiger partial charge in [-0.05, 0) is 19.1 Å². The van der Waals surface area contributed by atoms with E-state index in [1.807, 2.05) is 0 Å². The molecule has 0 radical (unpaired) electrons. The van der Waals surface area contributed by atoms with Crippen molar-refractivity contribution in [1.29, 1.82) is 0 Å². The molecule has 0 aliphatic heterocycles. The van der Waals surface area contributed by atoms with Crippen molar-refractivity contribution < 1.29 is 19.1 Å². The summed E-state index contributed by atoms with van der Waals surface area (Å²) in [6, 6.07) is 6.69. The van der Waals surface area contributed by atoms with Crippen molar-refractivity contribution in [1.82, 2.24) is 4.98 Å². The van der Waals surface area contributed by atoms with Gasteiger partial charge in [0, 0.05) is 18.4 Å². The molecule has 1 aromatic heterocycles. The van der Waals surface area contributed by atoms with Gasteiger partial charge < -0.3 is 14.5 Å². The summed E-state index contributed by atoms with van der Waals surface area (Å²) in [7, 11) is 2.78. The van der Waals surface area contributed by atoms with Crippen molar-refractivity contribution in [3.8, 4) is 0 Å². The zero-order valence-electron chi connectivity index (χ0n) is 12.5. The number of aryl methyl sites for hydroxylation is 1. The van der Waals surface area contributed by atoms with E-state index in [1.165, 1.54) is 14.2 Å². The number of nitrogens with one attached hydrogen (secondary N) is 1. The minimum Gasteiger partial charge on any atom is -0.465 e. The molecule has 0 aliphatic carbocycles. The van der Waals surface area contributed by atoms with E-state index in [4.69, 9.17) is 21.1 Å². The van der Waals surface area contributed by atoms with Crippen LogP contribution >= 0.6 is 11.6 Å². The number of hydrogen-bond donors (Lipinski definition) is 1. The van der Waals surface area contributed by atoms with Crippen LogP contribution in [0.3, 0.4) is 0 Å². The molecule has 1 aromatic carbocycles. The average molecular weight is 322 g/mol. The Balaban J connectivity index is 2.64. The Labute approximate surface area is 133 Å². The summed E-state index contributed by atoms with van der Waals surface area (Å²) in [5.74, 6) is -0.922. The molecule has 2 rings (SSSR count). The minimum absolute atomic E-state index is 0.170. The van der Waals surface area contributed by atoms with E-state index in [1.54, 1.807) is 31.2 Å². The summed E-state index contributed by atoms with van der Waals surface area (Å²) in [6.45, 7) is 1.87. The van der Waals surface area contributed by atoms with E-state index in [2.05, 4.69) is 4.98 Å². The summed E-state index contributed by atoms with van der Waals surface area (Å²) in [4.78, 5) is 27.9. The van der Waals surface area contributed by atoms with Crippen LogP contribution in [0.4, 0.5) is 0 Å². The lowest BCUT2D eigenvalue weighted by Crippen LogP contribution is -2.12. The highest BCUT2D eigenvalue weighted by atomic mass is 35.5. The van der Waals surface area contributed by atoms with Crippen molar-refractivity contribution in [3.05, 3.63) is 57.4 Å². The Hall–Kier alpha value is -2.11. The molecule has 5 nitrogen and oxygen atoms in total. The van der Waals surface area contributed by atoms with Crippen LogP contribution in [0.1, 0.15) is 37.7 Å². The normalized spacial score (nSPS) is 10.5. The van der Waals surface area contributed by atoms with Crippen LogP contribution in [0.2, 0.25) is 5.02 Å². The second kappa shape index (κ2) is 6.77. The van der Waals surface area contributed by atoms with Crippen molar-refractivity contribution in [3.63, 3.8) is 0 Å². The third-order valence-corrected chi connectivity index (χ3v) is 3.62. The summed E-state index contributed by atoms with van der Waals surface area (Å²) in [6.07, 6.45) is 0. The van der Waals surface area contributed by atoms with Crippen LogP contribution in [0.25, 0.3) is 0 Å². The zero-order chi connectivity index (χ0) is 16.3. The maximum absolute atomic E-state index is 12.8. The van der Waals surface area contributed by atoms with Gasteiger partial charge in [0.25, 0.3) is 0 Å². The van der Waals surface area contributed by atoms with Crippen molar-refractivity contribution >= 4 is 23.4 Å². The molecule has 6 heteroatoms. The lowest BCUT2D eigenvalue weighted by Gasteiger charge is -2.07. The number of halogens is 1. The molecule has 0 fully saturated rings. The van der Waals surface area contributed by atoms with E-state index >= 15 is 0 Å². The van der Waals surface area contributed by atoms with Crippen LogP contribution in [-0.4, -0.2) is 31.0 Å². The molecule has 116 valence electrons. The highest BCUT2D eigenvalue weighted by Crippen LogP contribution is 2.26. The van der Waals surface area contributed by atoms with Gasteiger partial charge in [0.15, 0.2) is 5.78 Å². The Morgan fingerprint density at radius 3 is 2.45 bits per heavy atom. The molecule has 2 aromatic rings. The van der Waals surface area contributed by atoms with Gasteiger partial charge in [0.1, 0.15) is 0 Å². The number of benzene rings is 1. The Bertz CT molecular complexity index is 721. The SMILES string of the molecule is COCc1[nH]c(C)c(C(=O)OC)c1C(=O)c1ccccc1Cl. The van der Waals surface area contributed by atoms with Crippen LogP contribution < -0.4 is 0 Å². The van der Waals surface area contributed by atoms with Crippen LogP contribution in [0, 0.1) is 6.92 Å². The third-order valence-electron chi connectivity index (χ3n) is 3.29. The number of aromatic nitrogens is 1. The maximum atomic E-state index is 12.8. The molecule has 0 saturated carbocycles. The first-order valence-electron chi connectivity index (χ1n) is 6.59. The number of hydrogen-bond acceptors (Lipinski definition) is 4. The molecule has 0 unspecified atom stereocenters. The van der Waals surface area contributed by atoms with Gasteiger partial charge in [-0.2, -0.15) is 0 Å². The predicted octanol–water partition coefficient (Wildman–Crippen LogP) is 3.14. The molecule has 0 bridgehead atoms. The Morgan fingerprint density at radius 2 is 1.86 bits per heavy atom. The Kier molecular flexibility index (Phi) is 5.00. The van der Waals surface area contributed by atoms with Gasteiger partial charge >= 0.3 is 5.97 Å². The monoisotopic (exact) mass is 321 g/mol. The number of carbonyl (C=O) groups excluding carboxylic acids is 2. The molecule has 1 heterocycles. The smallest absolute Gasteiger partial charge is 0.340 e. The predicted molar refractivity (Wildman–Crippen MR) is 82.5 cm³/mol. The number of rotatable bonds is 5. The molecule has 0 spiro atoms. The molecule has 0 aliphatic rings. The highest BCUT2D eigenvalue weighted by Gasteiger charge is 2.28. The van der Waals surface area contributed by atoms with Gasteiger partial charge in [0.2, 0.25) is 0 Å². The quantitative estimate of drug-likeness (QED) is 0.678. The molecular weight excluding hydrogens is 306 g/mol. The number of methoxy groups -OCH3 is 2. The van der Waals surface area contributed by atoms with Crippen LogP contribution in [0.5, 0.6) is 0 Å². The first-order valence-corrected chi connectivity index (χ1v) is 6.97. The van der Waals surface area contributed by atoms with Crippen molar-refractivity contribution in [2.24, 2.45) is 0 Å². The fraction of sp³-hybridized carbons (Fsp3) is 0.250. The van der Waals surface area contributed by atoms with E-state index in [9.17, 15) is 9.59 Å². The second-order valence-electron chi connectivity index (χ2n) is 4.71. The van der Waals surface area contributed by atoms with E-state index in [-0.39, 0.29) is 23.5 Å². The number of esters is 1. The largest absolute Gasteiger partial charge is 0.465 e. The maximum Gasteiger partial charge on any atom is 0.340 e. The number of aromatic amines is 1. The van der Waals surface area contributed by atoms with Crippen molar-refractivity contribution in [2.75, 3.05) is 14.2 Å². The average Bonchev–Trinajstić information content (AvgIpc) is 2.83. The molecule has 0 atom stereocenters. The molecule has 0 saturated heterocycles. The first kappa shape index (κ1) is 16.3. The summed E-state index contributed by atoms with van der Waals surface area (Å²) < 4.78 is 9.88. The molecule has 0 amide bonds. The lowest BCUT2D eigenvalue weighted by atomic mass is 9.98. The highest BCUT2D eigenvalue weighted by molar-refractivity contribution is 6.35. The summed E-state index contributed by atoms with van der Waals surface area (Å²) in [5, 5.41) is 0.325. The molecule has 1 N–H and O–H groups in total. The number of H-pyrrole nitrogens is 1. The number of ether oxygens (including phenoxy) is 2. The van der Waals surface area contributed by atoms with Crippen LogP contribution in [-0.2, 0) is 16.1 Å². The zero-order valence-corrected chi connectivity index (χ0v) is 13.3. The fourth-order valence-corrected chi connectivity index (χ4v) is 2.55. The fourth-order valence-electron chi connectivity index (χ4n) is 2.33. The van der Waals surface area contributed by atoms with E-state index in [0.29, 0.717) is 22.0 Å². The number of ketones is 1. The van der Waals surface area contributed by atoms with Gasteiger partial charge in [0.05, 0.1) is 35.6 Å². The van der Waals surface area contributed by atoms with Gasteiger partial charge in [-0.25, -0.2) is 4.79 Å². The first-order chi connectivity index (χ1) is 10.5. The van der Waals surface area contributed by atoms with Crippen molar-refractivity contribution in [2.45, 2.75) is 13.5 Å². The molecule has 22 heavy (non-hydrogen) atoms. The standard InChI is InChI=1S/C16H16ClNO4/c1-9-13(16(20)22-3)14(12(18-9)8-21-2)15(19)10-6-4-5-7-11(10)17/h4-7,18H,8H2,1-3H3. The minimum atomic E-state index is -0.577. The molecular formula is C16H16ClNO4. The van der Waals surface area contributed by atoms with E-state index in [0.717, 1.165) is 0 Å². The Morgan fingerprint density at radius 1 is 1.18 bits per heavy atom. The summed E-state index contributed by atoms with van der Waals surface area (Å²) in [5.41, 5.74) is 1.84. The van der Waals surface area contributed by atoms with Gasteiger partial charge in [-0.1, -0.05) is 23.7 Å². The number of carbonyl (C=O) groups is 2.